The number of hydrogen-bond acceptors (Lipinski definition) is 4. The van der Waals surface area contributed by atoms with Gasteiger partial charge in [-0.1, -0.05) is 25.1 Å². The SMILES string of the molecule is CCC1CCCCN1C(=O)Cn1c(=O)n(Cc2ccccc2F)c(=O)c2sccc21. The van der Waals surface area contributed by atoms with Gasteiger partial charge in [0.1, 0.15) is 17.1 Å². The zero-order valence-electron chi connectivity index (χ0n) is 16.8. The lowest BCUT2D eigenvalue weighted by Gasteiger charge is -2.35. The van der Waals surface area contributed by atoms with Gasteiger partial charge in [-0.3, -0.25) is 18.7 Å². The molecule has 30 heavy (non-hydrogen) atoms. The fraction of sp³-hybridized carbons (Fsp3) is 0.409. The minimum Gasteiger partial charge on any atom is -0.338 e. The van der Waals surface area contributed by atoms with Gasteiger partial charge in [-0.15, -0.1) is 11.3 Å². The van der Waals surface area contributed by atoms with Crippen molar-refractivity contribution >= 4 is 27.5 Å². The van der Waals surface area contributed by atoms with Gasteiger partial charge >= 0.3 is 5.69 Å². The average molecular weight is 430 g/mol. The third-order valence-electron chi connectivity index (χ3n) is 5.83. The number of benzene rings is 1. The van der Waals surface area contributed by atoms with Crippen LogP contribution in [0.15, 0.2) is 45.3 Å². The van der Waals surface area contributed by atoms with Crippen LogP contribution in [-0.2, 0) is 17.9 Å². The molecule has 1 aliphatic rings. The molecule has 1 aromatic carbocycles. The molecule has 0 radical (unpaired) electrons. The van der Waals surface area contributed by atoms with Crippen LogP contribution in [0.25, 0.3) is 10.2 Å². The van der Waals surface area contributed by atoms with E-state index >= 15 is 0 Å². The molecule has 0 N–H and O–H groups in total. The molecule has 0 spiro atoms. The molecule has 1 saturated heterocycles. The molecule has 1 fully saturated rings. The quantitative estimate of drug-likeness (QED) is 0.626. The minimum atomic E-state index is -0.590. The van der Waals surface area contributed by atoms with E-state index in [4.69, 9.17) is 0 Å². The number of thiophene rings is 1. The number of hydrogen-bond donors (Lipinski definition) is 0. The van der Waals surface area contributed by atoms with E-state index in [0.717, 1.165) is 30.3 Å². The Morgan fingerprint density at radius 2 is 1.97 bits per heavy atom. The van der Waals surface area contributed by atoms with Gasteiger partial charge in [-0.05, 0) is 43.2 Å². The van der Waals surface area contributed by atoms with Gasteiger partial charge in [-0.25, -0.2) is 9.18 Å². The molecule has 1 amide bonds. The van der Waals surface area contributed by atoms with Gasteiger partial charge in [0.05, 0.1) is 12.1 Å². The highest BCUT2D eigenvalue weighted by molar-refractivity contribution is 7.17. The van der Waals surface area contributed by atoms with Crippen LogP contribution >= 0.6 is 11.3 Å². The summed E-state index contributed by atoms with van der Waals surface area (Å²) in [5, 5.41) is 1.73. The third-order valence-corrected chi connectivity index (χ3v) is 6.73. The molecule has 0 saturated carbocycles. The van der Waals surface area contributed by atoms with Gasteiger partial charge in [0.25, 0.3) is 5.56 Å². The number of halogens is 1. The van der Waals surface area contributed by atoms with E-state index < -0.39 is 17.1 Å². The van der Waals surface area contributed by atoms with Crippen LogP contribution in [0.4, 0.5) is 4.39 Å². The summed E-state index contributed by atoms with van der Waals surface area (Å²) in [5.74, 6) is -0.593. The first-order valence-electron chi connectivity index (χ1n) is 10.2. The molecule has 1 atom stereocenters. The first-order valence-corrected chi connectivity index (χ1v) is 11.1. The molecule has 2 aromatic heterocycles. The van der Waals surface area contributed by atoms with Gasteiger partial charge in [-0.2, -0.15) is 0 Å². The van der Waals surface area contributed by atoms with Crippen molar-refractivity contribution in [3.8, 4) is 0 Å². The maximum absolute atomic E-state index is 14.1. The molecule has 8 heteroatoms. The highest BCUT2D eigenvalue weighted by Gasteiger charge is 2.26. The molecule has 6 nitrogen and oxygen atoms in total. The maximum Gasteiger partial charge on any atom is 0.332 e. The Morgan fingerprint density at radius 1 is 1.17 bits per heavy atom. The highest BCUT2D eigenvalue weighted by atomic mass is 32.1. The van der Waals surface area contributed by atoms with Crippen LogP contribution in [0, 0.1) is 5.82 Å². The summed E-state index contributed by atoms with van der Waals surface area (Å²) >= 11 is 1.22. The maximum atomic E-state index is 14.1. The van der Waals surface area contributed by atoms with E-state index in [9.17, 15) is 18.8 Å². The second kappa shape index (κ2) is 8.55. The third kappa shape index (κ3) is 3.71. The zero-order chi connectivity index (χ0) is 21.3. The van der Waals surface area contributed by atoms with Crippen LogP contribution in [-0.4, -0.2) is 32.5 Å². The van der Waals surface area contributed by atoms with Crippen LogP contribution in [0.1, 0.15) is 38.2 Å². The zero-order valence-corrected chi connectivity index (χ0v) is 17.7. The summed E-state index contributed by atoms with van der Waals surface area (Å²) in [6, 6.07) is 7.95. The highest BCUT2D eigenvalue weighted by Crippen LogP contribution is 2.21. The monoisotopic (exact) mass is 429 g/mol. The van der Waals surface area contributed by atoms with Crippen molar-refractivity contribution in [2.24, 2.45) is 0 Å². The lowest BCUT2D eigenvalue weighted by atomic mass is 10.00. The summed E-state index contributed by atoms with van der Waals surface area (Å²) in [7, 11) is 0. The average Bonchev–Trinajstić information content (AvgIpc) is 3.25. The molecule has 3 heterocycles. The summed E-state index contributed by atoms with van der Waals surface area (Å²) in [6.45, 7) is 2.45. The van der Waals surface area contributed by atoms with Crippen molar-refractivity contribution in [1.82, 2.24) is 14.0 Å². The van der Waals surface area contributed by atoms with Crippen molar-refractivity contribution in [3.63, 3.8) is 0 Å². The van der Waals surface area contributed by atoms with Crippen LogP contribution in [0.3, 0.4) is 0 Å². The Morgan fingerprint density at radius 3 is 2.73 bits per heavy atom. The van der Waals surface area contributed by atoms with Crippen LogP contribution < -0.4 is 11.2 Å². The molecule has 4 rings (SSSR count). The Balaban J connectivity index is 1.75. The van der Waals surface area contributed by atoms with Crippen molar-refractivity contribution in [1.29, 1.82) is 0 Å². The van der Waals surface area contributed by atoms with Crippen molar-refractivity contribution in [2.75, 3.05) is 6.54 Å². The van der Waals surface area contributed by atoms with Gasteiger partial charge < -0.3 is 4.90 Å². The topological polar surface area (TPSA) is 64.3 Å². The fourth-order valence-electron chi connectivity index (χ4n) is 4.20. The van der Waals surface area contributed by atoms with E-state index in [-0.39, 0.29) is 30.6 Å². The first-order chi connectivity index (χ1) is 14.5. The standard InChI is InChI=1S/C22H24FN3O3S/c1-2-16-8-5-6-11-24(16)19(27)14-25-18-10-12-30-20(18)21(28)26(22(25)29)13-15-7-3-4-9-17(15)23/h3-4,7,9-10,12,16H,2,5-6,8,11,13-14H2,1H3. The van der Waals surface area contributed by atoms with Crippen molar-refractivity contribution in [2.45, 2.75) is 51.7 Å². The van der Waals surface area contributed by atoms with Gasteiger partial charge in [0.15, 0.2) is 0 Å². The van der Waals surface area contributed by atoms with Crippen molar-refractivity contribution in [3.05, 3.63) is 67.9 Å². The summed E-state index contributed by atoms with van der Waals surface area (Å²) in [5.41, 5.74) is -0.334. The lowest BCUT2D eigenvalue weighted by Crippen LogP contribution is -2.47. The lowest BCUT2D eigenvalue weighted by molar-refractivity contribution is -0.135. The predicted octanol–water partition coefficient (Wildman–Crippen LogP) is 3.20. The largest absolute Gasteiger partial charge is 0.338 e. The normalized spacial score (nSPS) is 16.9. The number of carbonyl (C=O) groups is 1. The van der Waals surface area contributed by atoms with E-state index in [1.165, 1.54) is 22.0 Å². The number of fused-ring (bicyclic) bond motifs is 1. The Labute approximate surface area is 177 Å². The number of likely N-dealkylation sites (tertiary alicyclic amines) is 1. The molecule has 1 unspecified atom stereocenters. The van der Waals surface area contributed by atoms with E-state index in [2.05, 4.69) is 6.92 Å². The Bertz CT molecular complexity index is 1200. The Hall–Kier alpha value is -2.74. The van der Waals surface area contributed by atoms with Gasteiger partial charge in [0.2, 0.25) is 5.91 Å². The molecular formula is C22H24FN3O3S. The molecule has 3 aromatic rings. The number of amides is 1. The van der Waals surface area contributed by atoms with E-state index in [1.807, 2.05) is 4.90 Å². The summed E-state index contributed by atoms with van der Waals surface area (Å²) in [6.07, 6.45) is 3.90. The summed E-state index contributed by atoms with van der Waals surface area (Å²) in [4.78, 5) is 41.1. The molecule has 0 bridgehead atoms. The van der Waals surface area contributed by atoms with Crippen LogP contribution in [0.5, 0.6) is 0 Å². The van der Waals surface area contributed by atoms with Gasteiger partial charge in [0, 0.05) is 18.2 Å². The number of rotatable bonds is 5. The molecule has 1 aliphatic heterocycles. The van der Waals surface area contributed by atoms with E-state index in [1.54, 1.807) is 29.6 Å². The van der Waals surface area contributed by atoms with E-state index in [0.29, 0.717) is 16.8 Å². The fourth-order valence-corrected chi connectivity index (χ4v) is 5.04. The van der Waals surface area contributed by atoms with Crippen molar-refractivity contribution < 1.29 is 9.18 Å². The second-order valence-corrected chi connectivity index (χ2v) is 8.55. The number of carbonyl (C=O) groups excluding carboxylic acids is 1. The molecule has 158 valence electrons. The number of aromatic nitrogens is 2. The molecular weight excluding hydrogens is 405 g/mol. The minimum absolute atomic E-state index is 0.118. The summed E-state index contributed by atoms with van der Waals surface area (Å²) < 4.78 is 16.9. The number of nitrogens with zero attached hydrogens (tertiary/aromatic N) is 3. The molecule has 0 aliphatic carbocycles. The smallest absolute Gasteiger partial charge is 0.332 e. The second-order valence-electron chi connectivity index (χ2n) is 7.63. The van der Waals surface area contributed by atoms with Crippen LogP contribution in [0.2, 0.25) is 0 Å². The number of piperidine rings is 1. The first kappa shape index (κ1) is 20.5. The Kier molecular flexibility index (Phi) is 5.85. The predicted molar refractivity (Wildman–Crippen MR) is 115 cm³/mol.